The Morgan fingerprint density at radius 2 is 1.85 bits per heavy atom. The number of sulfonamides is 1. The first kappa shape index (κ1) is 19.8. The highest BCUT2D eigenvalue weighted by atomic mass is 32.2. The van der Waals surface area contributed by atoms with E-state index in [0.29, 0.717) is 4.34 Å². The van der Waals surface area contributed by atoms with Crippen LogP contribution in [0.5, 0.6) is 5.75 Å². The fraction of sp³-hybridized carbons (Fsp3) is 0.188. The predicted molar refractivity (Wildman–Crippen MR) is 99.9 cm³/mol. The van der Waals surface area contributed by atoms with Crippen LogP contribution in [-0.4, -0.2) is 24.0 Å². The van der Waals surface area contributed by atoms with Crippen LogP contribution in [0.2, 0.25) is 0 Å². The fourth-order valence-corrected chi connectivity index (χ4v) is 5.03. The van der Waals surface area contributed by atoms with Crippen molar-refractivity contribution < 1.29 is 26.7 Å². The number of para-hydroxylation sites is 1. The van der Waals surface area contributed by atoms with Gasteiger partial charge in [-0.1, -0.05) is 23.9 Å². The molecule has 0 aliphatic heterocycles. The van der Waals surface area contributed by atoms with E-state index in [1.807, 2.05) is 24.3 Å². The lowest BCUT2D eigenvalue weighted by Crippen LogP contribution is -2.30. The van der Waals surface area contributed by atoms with Crippen molar-refractivity contribution in [1.82, 2.24) is 4.98 Å². The number of aromatic hydroxyl groups is 1. The molecule has 0 fully saturated rings. The van der Waals surface area contributed by atoms with Crippen molar-refractivity contribution >= 4 is 49.0 Å². The minimum absolute atomic E-state index is 0.133. The van der Waals surface area contributed by atoms with E-state index in [4.69, 9.17) is 0 Å². The maximum atomic E-state index is 12.7. The molecule has 27 heavy (non-hydrogen) atoms. The molecule has 0 aliphatic rings. The van der Waals surface area contributed by atoms with Crippen molar-refractivity contribution in [3.8, 4) is 5.75 Å². The van der Waals surface area contributed by atoms with E-state index in [9.17, 15) is 26.7 Å². The Balaban J connectivity index is 2.02. The number of anilines is 1. The van der Waals surface area contributed by atoms with Gasteiger partial charge in [0.1, 0.15) is 5.75 Å². The van der Waals surface area contributed by atoms with Crippen LogP contribution in [0.25, 0.3) is 10.2 Å². The molecule has 0 saturated heterocycles. The Kier molecular flexibility index (Phi) is 5.04. The lowest BCUT2D eigenvalue weighted by molar-refractivity contribution is -0.0429. The van der Waals surface area contributed by atoms with E-state index >= 15 is 0 Å². The van der Waals surface area contributed by atoms with Gasteiger partial charge in [-0.05, 0) is 43.2 Å². The third kappa shape index (κ3) is 3.85. The van der Waals surface area contributed by atoms with Crippen LogP contribution in [0, 0.1) is 13.8 Å². The van der Waals surface area contributed by atoms with Crippen molar-refractivity contribution in [2.45, 2.75) is 28.6 Å². The van der Waals surface area contributed by atoms with Gasteiger partial charge in [-0.3, -0.25) is 4.72 Å². The Morgan fingerprint density at radius 3 is 2.48 bits per heavy atom. The van der Waals surface area contributed by atoms with Crippen LogP contribution in [0.4, 0.5) is 18.9 Å². The van der Waals surface area contributed by atoms with Crippen LogP contribution in [0.3, 0.4) is 0 Å². The molecular formula is C16H13F3N2O3S3. The van der Waals surface area contributed by atoms with E-state index in [2.05, 4.69) is 4.98 Å². The number of nitrogens with zero attached hydrogens (tertiary/aromatic N) is 1. The van der Waals surface area contributed by atoms with Gasteiger partial charge >= 0.3 is 15.5 Å². The third-order valence-corrected chi connectivity index (χ3v) is 7.08. The topological polar surface area (TPSA) is 79.3 Å². The van der Waals surface area contributed by atoms with Crippen molar-refractivity contribution in [3.05, 3.63) is 41.5 Å². The summed E-state index contributed by atoms with van der Waals surface area (Å²) in [6.45, 7) is 2.92. The summed E-state index contributed by atoms with van der Waals surface area (Å²) in [5.74, 6) is -0.133. The summed E-state index contributed by atoms with van der Waals surface area (Å²) < 4.78 is 64.0. The summed E-state index contributed by atoms with van der Waals surface area (Å²) in [6.07, 6.45) is 0. The standard InChI is InChI=1S/C16H13F3N2O3S3/c1-8-9(2)14(22)13(7-11(8)21-27(23,24)16(17,18)19)26-15-20-10-5-3-4-6-12(10)25-15/h3-7,21-22H,1-2H3. The number of rotatable bonds is 4. The van der Waals surface area contributed by atoms with Crippen molar-refractivity contribution in [3.63, 3.8) is 0 Å². The highest BCUT2D eigenvalue weighted by Gasteiger charge is 2.46. The molecule has 1 aromatic heterocycles. The number of fused-ring (bicyclic) bond motifs is 1. The lowest BCUT2D eigenvalue weighted by atomic mass is 10.1. The number of hydrogen-bond donors (Lipinski definition) is 2. The number of hydrogen-bond acceptors (Lipinski definition) is 6. The van der Waals surface area contributed by atoms with Crippen LogP contribution in [0.1, 0.15) is 11.1 Å². The van der Waals surface area contributed by atoms with Crippen molar-refractivity contribution in [2.75, 3.05) is 4.72 Å². The number of nitrogens with one attached hydrogen (secondary N) is 1. The van der Waals surface area contributed by atoms with Crippen molar-refractivity contribution in [2.24, 2.45) is 0 Å². The van der Waals surface area contributed by atoms with Crippen LogP contribution in [0.15, 0.2) is 39.6 Å². The minimum Gasteiger partial charge on any atom is -0.506 e. The van der Waals surface area contributed by atoms with Gasteiger partial charge in [0.15, 0.2) is 4.34 Å². The molecule has 3 aromatic rings. The summed E-state index contributed by atoms with van der Waals surface area (Å²) in [7, 11) is -5.57. The number of halogens is 3. The number of benzene rings is 2. The molecule has 2 aromatic carbocycles. The second-order valence-electron chi connectivity index (χ2n) is 5.62. The molecule has 0 radical (unpaired) electrons. The maximum Gasteiger partial charge on any atom is 0.516 e. The minimum atomic E-state index is -5.57. The smallest absolute Gasteiger partial charge is 0.506 e. The second kappa shape index (κ2) is 6.88. The molecule has 0 aliphatic carbocycles. The maximum absolute atomic E-state index is 12.7. The van der Waals surface area contributed by atoms with Gasteiger partial charge in [-0.15, -0.1) is 11.3 Å². The zero-order chi connectivity index (χ0) is 20.0. The number of alkyl halides is 3. The lowest BCUT2D eigenvalue weighted by Gasteiger charge is -2.16. The Labute approximate surface area is 161 Å². The Hall–Kier alpha value is -1.98. The number of phenolic OH excluding ortho intramolecular Hbond substituents is 1. The molecule has 11 heteroatoms. The summed E-state index contributed by atoms with van der Waals surface area (Å²) in [4.78, 5) is 4.60. The predicted octanol–water partition coefficient (Wildman–Crippen LogP) is 5.03. The zero-order valence-corrected chi connectivity index (χ0v) is 16.4. The number of thiazole rings is 1. The molecule has 0 amide bonds. The quantitative estimate of drug-likeness (QED) is 0.563. The average Bonchev–Trinajstić information content (AvgIpc) is 2.98. The molecule has 0 unspecified atom stereocenters. The van der Waals surface area contributed by atoms with Gasteiger partial charge in [0.25, 0.3) is 0 Å². The SMILES string of the molecule is Cc1c(NS(=O)(=O)C(F)(F)F)cc(Sc2nc3ccccc3s2)c(O)c1C. The monoisotopic (exact) mass is 434 g/mol. The molecule has 3 rings (SSSR count). The molecule has 5 nitrogen and oxygen atoms in total. The van der Waals surface area contributed by atoms with Gasteiger partial charge in [-0.25, -0.2) is 4.98 Å². The number of phenols is 1. The fourth-order valence-electron chi connectivity index (χ4n) is 2.25. The van der Waals surface area contributed by atoms with E-state index in [1.54, 1.807) is 4.72 Å². The van der Waals surface area contributed by atoms with E-state index < -0.39 is 15.5 Å². The molecule has 0 atom stereocenters. The summed E-state index contributed by atoms with van der Waals surface area (Å²) in [5.41, 5.74) is -4.45. The Morgan fingerprint density at radius 1 is 1.19 bits per heavy atom. The molecule has 2 N–H and O–H groups in total. The normalized spacial score (nSPS) is 12.5. The van der Waals surface area contributed by atoms with Gasteiger partial charge in [0.2, 0.25) is 0 Å². The summed E-state index contributed by atoms with van der Waals surface area (Å²) >= 11 is 2.41. The molecule has 0 spiro atoms. The van der Waals surface area contributed by atoms with Gasteiger partial charge < -0.3 is 5.11 Å². The molecule has 1 heterocycles. The first-order chi connectivity index (χ1) is 12.5. The van der Waals surface area contributed by atoms with Gasteiger partial charge in [0, 0.05) is 0 Å². The van der Waals surface area contributed by atoms with Gasteiger partial charge in [0.05, 0.1) is 20.8 Å². The summed E-state index contributed by atoms with van der Waals surface area (Å²) in [5, 5.41) is 10.4. The second-order valence-corrected chi connectivity index (χ2v) is 9.62. The third-order valence-electron chi connectivity index (χ3n) is 3.85. The largest absolute Gasteiger partial charge is 0.516 e. The highest BCUT2D eigenvalue weighted by Crippen LogP contribution is 2.43. The highest BCUT2D eigenvalue weighted by molar-refractivity contribution is 8.01. The van der Waals surface area contributed by atoms with Gasteiger partial charge in [-0.2, -0.15) is 21.6 Å². The molecule has 0 saturated carbocycles. The first-order valence-corrected chi connectivity index (χ1v) is 10.6. The van der Waals surface area contributed by atoms with Crippen LogP contribution in [-0.2, 0) is 10.0 Å². The van der Waals surface area contributed by atoms with Crippen LogP contribution < -0.4 is 4.72 Å². The van der Waals surface area contributed by atoms with E-state index in [-0.39, 0.29) is 27.5 Å². The van der Waals surface area contributed by atoms with E-state index in [1.165, 1.54) is 31.3 Å². The number of aromatic nitrogens is 1. The van der Waals surface area contributed by atoms with Crippen LogP contribution >= 0.6 is 23.1 Å². The zero-order valence-electron chi connectivity index (χ0n) is 14.0. The average molecular weight is 434 g/mol. The van der Waals surface area contributed by atoms with E-state index in [0.717, 1.165) is 22.0 Å². The molecular weight excluding hydrogens is 421 g/mol. The Bertz CT molecular complexity index is 1090. The first-order valence-electron chi connectivity index (χ1n) is 7.45. The van der Waals surface area contributed by atoms with Crippen molar-refractivity contribution in [1.29, 1.82) is 0 Å². The summed E-state index contributed by atoms with van der Waals surface area (Å²) in [6, 6.07) is 8.55. The molecule has 144 valence electrons. The molecule has 0 bridgehead atoms.